The number of carbonyl (C=O) groups excluding carboxylic acids is 2. The van der Waals surface area contributed by atoms with E-state index in [-0.39, 0.29) is 11.8 Å². The van der Waals surface area contributed by atoms with Gasteiger partial charge >= 0.3 is 0 Å². The van der Waals surface area contributed by atoms with Crippen LogP contribution in [0.15, 0.2) is 67.3 Å². The fourth-order valence-corrected chi connectivity index (χ4v) is 2.45. The zero-order valence-electron chi connectivity index (χ0n) is 14.3. The highest BCUT2D eigenvalue weighted by atomic mass is 16.2. The van der Waals surface area contributed by atoms with Crippen LogP contribution in [-0.2, 0) is 11.3 Å². The van der Waals surface area contributed by atoms with Gasteiger partial charge in [0.15, 0.2) is 0 Å². The van der Waals surface area contributed by atoms with Crippen molar-refractivity contribution in [2.45, 2.75) is 19.5 Å². The summed E-state index contributed by atoms with van der Waals surface area (Å²) in [5.74, 6) is -0.579. The standard InChI is InChI=1S/C19H19N5O2/c1-14(22-19(26)15-7-3-2-4-8-15)18(25)23-17-10-6-5-9-16(17)11-24-13-20-12-21-24/h2-10,12-14H,11H2,1H3,(H,22,26)(H,23,25). The number of aromatic nitrogens is 3. The molecule has 0 aliphatic rings. The molecule has 2 amide bonds. The largest absolute Gasteiger partial charge is 0.341 e. The van der Waals surface area contributed by atoms with Gasteiger partial charge in [0, 0.05) is 11.3 Å². The van der Waals surface area contributed by atoms with Crippen molar-refractivity contribution in [1.82, 2.24) is 20.1 Å². The maximum atomic E-state index is 12.5. The molecule has 0 fully saturated rings. The maximum absolute atomic E-state index is 12.5. The molecule has 0 saturated heterocycles. The Kier molecular flexibility index (Phi) is 5.38. The number of anilines is 1. The van der Waals surface area contributed by atoms with E-state index in [4.69, 9.17) is 0 Å². The molecule has 7 heteroatoms. The molecule has 132 valence electrons. The zero-order valence-corrected chi connectivity index (χ0v) is 14.3. The van der Waals surface area contributed by atoms with Crippen molar-refractivity contribution < 1.29 is 9.59 Å². The summed E-state index contributed by atoms with van der Waals surface area (Å²) < 4.78 is 1.67. The van der Waals surface area contributed by atoms with E-state index in [1.54, 1.807) is 42.2 Å². The predicted molar refractivity (Wildman–Crippen MR) is 97.6 cm³/mol. The number of hydrogen-bond donors (Lipinski definition) is 2. The van der Waals surface area contributed by atoms with Gasteiger partial charge in [0.05, 0.1) is 6.54 Å². The highest BCUT2D eigenvalue weighted by molar-refractivity contribution is 6.01. The van der Waals surface area contributed by atoms with E-state index in [0.29, 0.717) is 17.8 Å². The third-order valence-electron chi connectivity index (χ3n) is 3.85. The highest BCUT2D eigenvalue weighted by Gasteiger charge is 2.17. The second kappa shape index (κ2) is 8.06. The van der Waals surface area contributed by atoms with Gasteiger partial charge in [-0.15, -0.1) is 0 Å². The molecule has 0 saturated carbocycles. The fraction of sp³-hybridized carbons (Fsp3) is 0.158. The molecule has 0 spiro atoms. The van der Waals surface area contributed by atoms with Crippen molar-refractivity contribution in [1.29, 1.82) is 0 Å². The van der Waals surface area contributed by atoms with Crippen LogP contribution in [0.25, 0.3) is 0 Å². The van der Waals surface area contributed by atoms with E-state index in [2.05, 4.69) is 20.7 Å². The van der Waals surface area contributed by atoms with E-state index in [9.17, 15) is 9.59 Å². The maximum Gasteiger partial charge on any atom is 0.251 e. The van der Waals surface area contributed by atoms with Crippen LogP contribution in [0, 0.1) is 0 Å². The predicted octanol–water partition coefficient (Wildman–Crippen LogP) is 2.08. The smallest absolute Gasteiger partial charge is 0.251 e. The van der Waals surface area contributed by atoms with E-state index in [1.807, 2.05) is 30.3 Å². The fourth-order valence-electron chi connectivity index (χ4n) is 2.45. The minimum Gasteiger partial charge on any atom is -0.341 e. The summed E-state index contributed by atoms with van der Waals surface area (Å²) in [4.78, 5) is 28.6. The lowest BCUT2D eigenvalue weighted by atomic mass is 10.1. The molecular weight excluding hydrogens is 330 g/mol. The molecule has 7 nitrogen and oxygen atoms in total. The summed E-state index contributed by atoms with van der Waals surface area (Å²) in [7, 11) is 0. The molecule has 26 heavy (non-hydrogen) atoms. The van der Waals surface area contributed by atoms with Crippen LogP contribution in [0.3, 0.4) is 0 Å². The van der Waals surface area contributed by atoms with E-state index < -0.39 is 6.04 Å². The lowest BCUT2D eigenvalue weighted by Gasteiger charge is -2.16. The lowest BCUT2D eigenvalue weighted by Crippen LogP contribution is -2.41. The first-order valence-electron chi connectivity index (χ1n) is 8.20. The van der Waals surface area contributed by atoms with Gasteiger partial charge in [-0.2, -0.15) is 5.10 Å². The van der Waals surface area contributed by atoms with E-state index in [1.165, 1.54) is 6.33 Å². The molecule has 1 unspecified atom stereocenters. The molecule has 0 radical (unpaired) electrons. The van der Waals surface area contributed by atoms with Gasteiger partial charge in [0.25, 0.3) is 5.91 Å². The molecule has 1 heterocycles. The first kappa shape index (κ1) is 17.3. The summed E-state index contributed by atoms with van der Waals surface area (Å²) in [5, 5.41) is 9.64. The SMILES string of the molecule is CC(NC(=O)c1ccccc1)C(=O)Nc1ccccc1Cn1cncn1. The third kappa shape index (κ3) is 4.32. The van der Waals surface area contributed by atoms with E-state index in [0.717, 1.165) is 5.56 Å². The normalized spacial score (nSPS) is 11.6. The lowest BCUT2D eigenvalue weighted by molar-refractivity contribution is -0.117. The van der Waals surface area contributed by atoms with Crippen molar-refractivity contribution in [3.63, 3.8) is 0 Å². The van der Waals surface area contributed by atoms with Crippen molar-refractivity contribution in [2.75, 3.05) is 5.32 Å². The summed E-state index contributed by atoms with van der Waals surface area (Å²) in [5.41, 5.74) is 2.08. The summed E-state index contributed by atoms with van der Waals surface area (Å²) in [6, 6.07) is 15.6. The number of nitrogens with one attached hydrogen (secondary N) is 2. The Bertz CT molecular complexity index is 878. The topological polar surface area (TPSA) is 88.9 Å². The van der Waals surface area contributed by atoms with Crippen molar-refractivity contribution in [2.24, 2.45) is 0 Å². The van der Waals surface area contributed by atoms with Crippen molar-refractivity contribution in [3.8, 4) is 0 Å². The van der Waals surface area contributed by atoms with Crippen LogP contribution in [0.1, 0.15) is 22.8 Å². The Morgan fingerprint density at radius 3 is 2.54 bits per heavy atom. The Morgan fingerprint density at radius 1 is 1.08 bits per heavy atom. The Balaban J connectivity index is 1.65. The second-order valence-electron chi connectivity index (χ2n) is 5.80. The number of nitrogens with zero attached hydrogens (tertiary/aromatic N) is 3. The Labute approximate surface area is 151 Å². The average molecular weight is 349 g/mol. The molecule has 0 aliphatic heterocycles. The quantitative estimate of drug-likeness (QED) is 0.713. The van der Waals surface area contributed by atoms with Gasteiger partial charge in [-0.3, -0.25) is 9.59 Å². The number of benzene rings is 2. The molecule has 2 N–H and O–H groups in total. The summed E-state index contributed by atoms with van der Waals surface area (Å²) in [6.45, 7) is 2.14. The zero-order chi connectivity index (χ0) is 18.4. The molecule has 0 aliphatic carbocycles. The molecular formula is C19H19N5O2. The van der Waals surface area contributed by atoms with E-state index >= 15 is 0 Å². The number of carbonyl (C=O) groups is 2. The van der Waals surface area contributed by atoms with Crippen molar-refractivity contribution >= 4 is 17.5 Å². The van der Waals surface area contributed by atoms with Gasteiger partial charge in [0.1, 0.15) is 18.7 Å². The van der Waals surface area contributed by atoms with Crippen LogP contribution in [-0.4, -0.2) is 32.6 Å². The number of amides is 2. The highest BCUT2D eigenvalue weighted by Crippen LogP contribution is 2.16. The molecule has 1 atom stereocenters. The van der Waals surface area contributed by atoms with Crippen LogP contribution in [0.5, 0.6) is 0 Å². The molecule has 3 rings (SSSR count). The first-order valence-corrected chi connectivity index (χ1v) is 8.20. The minimum atomic E-state index is -0.679. The first-order chi connectivity index (χ1) is 12.6. The molecule has 1 aromatic heterocycles. The van der Waals surface area contributed by atoms with Crippen LogP contribution in [0.2, 0.25) is 0 Å². The van der Waals surface area contributed by atoms with Gasteiger partial charge in [-0.05, 0) is 30.7 Å². The molecule has 0 bridgehead atoms. The monoisotopic (exact) mass is 349 g/mol. The summed E-state index contributed by atoms with van der Waals surface area (Å²) in [6.07, 6.45) is 3.07. The van der Waals surface area contributed by atoms with Crippen molar-refractivity contribution in [3.05, 3.63) is 78.4 Å². The Hall–Kier alpha value is -3.48. The van der Waals surface area contributed by atoms with Gasteiger partial charge in [-0.25, -0.2) is 9.67 Å². The number of hydrogen-bond acceptors (Lipinski definition) is 4. The second-order valence-corrected chi connectivity index (χ2v) is 5.80. The number of rotatable bonds is 6. The summed E-state index contributed by atoms with van der Waals surface area (Å²) >= 11 is 0. The van der Waals surface area contributed by atoms with Crippen LogP contribution >= 0.6 is 0 Å². The molecule has 2 aromatic carbocycles. The van der Waals surface area contributed by atoms with Crippen LogP contribution < -0.4 is 10.6 Å². The van der Waals surface area contributed by atoms with Gasteiger partial charge in [0.2, 0.25) is 5.91 Å². The number of para-hydroxylation sites is 1. The van der Waals surface area contributed by atoms with Gasteiger partial charge < -0.3 is 10.6 Å². The Morgan fingerprint density at radius 2 is 1.81 bits per heavy atom. The minimum absolute atomic E-state index is 0.288. The van der Waals surface area contributed by atoms with Crippen LogP contribution in [0.4, 0.5) is 5.69 Å². The average Bonchev–Trinajstić information content (AvgIpc) is 3.17. The molecule has 3 aromatic rings. The third-order valence-corrected chi connectivity index (χ3v) is 3.85. The van der Waals surface area contributed by atoms with Gasteiger partial charge in [-0.1, -0.05) is 36.4 Å².